The summed E-state index contributed by atoms with van der Waals surface area (Å²) >= 11 is 0. The molecule has 2 aromatic carbocycles. The number of unbranched alkanes of at least 4 members (excludes halogenated alkanes) is 1. The van der Waals surface area contributed by atoms with Crippen molar-refractivity contribution in [2.24, 2.45) is 33.8 Å². The SMILES string of the molecule is CC(C)C[C@H](NC(=O)[C@@H](NC(=O)[C@H](CC(=O)O)NC(=O)[C@H](C)NC(=O)[C@H](CO)NC(=O)[C@H](CCCN=C(N)N)NC(=O)[C@H](Cc1c[nH]c2ccccc12)NC(=O)[C@H](CCCCN)NC(=O)[C@@H](N)Cc1c[nH]c2ccccc12)[C@@H](C)O)C(=O)O. The van der Waals surface area contributed by atoms with E-state index in [4.69, 9.17) is 22.9 Å². The summed E-state index contributed by atoms with van der Waals surface area (Å²) in [6, 6.07) is 0.841. The Morgan fingerprint density at radius 3 is 1.58 bits per heavy atom. The van der Waals surface area contributed by atoms with Crippen molar-refractivity contribution >= 4 is 87.0 Å². The Bertz CT molecular complexity index is 2920. The molecule has 29 nitrogen and oxygen atoms in total. The van der Waals surface area contributed by atoms with Crippen LogP contribution in [0.25, 0.3) is 21.8 Å². The van der Waals surface area contributed by atoms with Gasteiger partial charge in [0.15, 0.2) is 5.96 Å². The molecule has 2 heterocycles. The smallest absolute Gasteiger partial charge is 0.326 e. The van der Waals surface area contributed by atoms with Crippen LogP contribution >= 0.6 is 0 Å². The monoisotopic (exact) mass is 1160 g/mol. The number of benzene rings is 2. The second-order valence-electron chi connectivity index (χ2n) is 20.5. The average molecular weight is 1160 g/mol. The molecule has 83 heavy (non-hydrogen) atoms. The largest absolute Gasteiger partial charge is 0.481 e. The van der Waals surface area contributed by atoms with Crippen molar-refractivity contribution in [3.8, 4) is 0 Å². The first-order chi connectivity index (χ1) is 39.3. The standard InChI is InChI=1S/C54H79N15O14/c1-27(2)20-41(53(82)83)67-52(81)44(29(4)71)69-50(79)40(23-43(72)73)65-45(74)28(3)62-51(80)42(26-70)68-48(77)38(17-11-19-59-54(57)58)64-49(78)39(22-31-25-61-36-15-8-6-13-33(31)36)66-47(76)37(16-9-10-18-55)63-46(75)34(56)21-30-24-60-35-14-7-5-12-32(30)35/h5-8,12-15,24-25,27-29,34,37-42,44,60-61,70-71H,9-11,16-23,26,55-56H2,1-4H3,(H,62,80)(H,63,75)(H,64,78)(H,65,74)(H,66,76)(H,67,81)(H,68,77)(H,69,79)(H,72,73)(H,82,83)(H4,57,58,59)/t28-,29+,34-,37-,38-,39-,40-,41-,42-,44-/m0/s1. The number of nitrogens with one attached hydrogen (secondary N) is 10. The number of carboxylic acids is 2. The van der Waals surface area contributed by atoms with Gasteiger partial charge in [-0.1, -0.05) is 50.2 Å². The zero-order valence-electron chi connectivity index (χ0n) is 46.7. The van der Waals surface area contributed by atoms with Crippen LogP contribution in [0.5, 0.6) is 0 Å². The molecule has 29 heteroatoms. The van der Waals surface area contributed by atoms with Gasteiger partial charge in [-0.25, -0.2) is 4.79 Å². The minimum Gasteiger partial charge on any atom is -0.481 e. The number of carboxylic acid groups (broad SMARTS) is 2. The molecule has 2 aromatic heterocycles. The maximum Gasteiger partial charge on any atom is 0.326 e. The molecule has 454 valence electrons. The summed E-state index contributed by atoms with van der Waals surface area (Å²) in [7, 11) is 0. The van der Waals surface area contributed by atoms with Gasteiger partial charge in [-0.2, -0.15) is 0 Å². The summed E-state index contributed by atoms with van der Waals surface area (Å²) in [6.45, 7) is 4.81. The van der Waals surface area contributed by atoms with Crippen LogP contribution in [-0.2, 0) is 60.8 Å². The number of guanidine groups is 1. The fourth-order valence-electron chi connectivity index (χ4n) is 8.86. The lowest BCUT2D eigenvalue weighted by Crippen LogP contribution is -2.61. The summed E-state index contributed by atoms with van der Waals surface area (Å²) < 4.78 is 0. The molecule has 0 radical (unpaired) electrons. The van der Waals surface area contributed by atoms with Gasteiger partial charge < -0.3 is 95.9 Å². The molecule has 4 aromatic rings. The highest BCUT2D eigenvalue weighted by Gasteiger charge is 2.36. The third kappa shape index (κ3) is 21.0. The van der Waals surface area contributed by atoms with Crippen molar-refractivity contribution in [3.63, 3.8) is 0 Å². The van der Waals surface area contributed by atoms with Gasteiger partial charge in [-0.3, -0.25) is 48.1 Å². The lowest BCUT2D eigenvalue weighted by atomic mass is 10.0. The maximum absolute atomic E-state index is 14.6. The van der Waals surface area contributed by atoms with Gasteiger partial charge >= 0.3 is 11.9 Å². The normalized spacial score (nSPS) is 14.9. The lowest BCUT2D eigenvalue weighted by Gasteiger charge is -2.27. The predicted molar refractivity (Wildman–Crippen MR) is 304 cm³/mol. The Balaban J connectivity index is 1.54. The van der Waals surface area contributed by atoms with Crippen LogP contribution in [0, 0.1) is 5.92 Å². The number of rotatable bonds is 35. The molecule has 4 rings (SSSR count). The van der Waals surface area contributed by atoms with E-state index in [1.54, 1.807) is 50.5 Å². The van der Waals surface area contributed by atoms with Crippen LogP contribution in [0.1, 0.15) is 83.8 Å². The van der Waals surface area contributed by atoms with Crippen molar-refractivity contribution in [2.45, 2.75) is 146 Å². The first-order valence-electron chi connectivity index (χ1n) is 27.1. The number of carbonyl (C=O) groups is 10. The van der Waals surface area contributed by atoms with Crippen LogP contribution in [0.4, 0.5) is 0 Å². The number of nitrogens with zero attached hydrogens (tertiary/aromatic N) is 1. The fourth-order valence-corrected chi connectivity index (χ4v) is 8.86. The molecule has 10 atom stereocenters. The van der Waals surface area contributed by atoms with Crippen molar-refractivity contribution in [3.05, 3.63) is 72.1 Å². The molecule has 0 spiro atoms. The number of amides is 8. The van der Waals surface area contributed by atoms with E-state index in [0.717, 1.165) is 30.3 Å². The van der Waals surface area contributed by atoms with Gasteiger partial charge in [0, 0.05) is 47.2 Å². The highest BCUT2D eigenvalue weighted by Crippen LogP contribution is 2.21. The Kier molecular flexibility index (Phi) is 26.3. The van der Waals surface area contributed by atoms with Gasteiger partial charge in [-0.05, 0) is 94.5 Å². The number of hydrogen-bond acceptors (Lipinski definition) is 15. The van der Waals surface area contributed by atoms with Crippen molar-refractivity contribution in [2.75, 3.05) is 19.7 Å². The molecule has 0 bridgehead atoms. The van der Waals surface area contributed by atoms with Gasteiger partial charge in [0.05, 0.1) is 25.2 Å². The maximum atomic E-state index is 14.6. The van der Waals surface area contributed by atoms with E-state index in [1.165, 1.54) is 0 Å². The quantitative estimate of drug-likeness (QED) is 0.0123. The number of aromatic amines is 2. The summed E-state index contributed by atoms with van der Waals surface area (Å²) in [4.78, 5) is 144. The lowest BCUT2D eigenvalue weighted by molar-refractivity contribution is -0.144. The molecule has 22 N–H and O–H groups in total. The Morgan fingerprint density at radius 1 is 0.566 bits per heavy atom. The third-order valence-corrected chi connectivity index (χ3v) is 13.3. The number of aliphatic hydroxyl groups excluding tert-OH is 2. The highest BCUT2D eigenvalue weighted by molar-refractivity contribution is 5.99. The summed E-state index contributed by atoms with van der Waals surface area (Å²) in [5, 5.41) is 60.8. The topological polar surface area (TPSA) is 496 Å². The molecule has 0 aliphatic rings. The van der Waals surface area contributed by atoms with Gasteiger partial charge in [0.2, 0.25) is 47.3 Å². The highest BCUT2D eigenvalue weighted by atomic mass is 16.4. The molecule has 0 fully saturated rings. The Hall–Kier alpha value is -8.67. The zero-order valence-corrected chi connectivity index (χ0v) is 46.7. The van der Waals surface area contributed by atoms with E-state index in [-0.39, 0.29) is 56.9 Å². The number of aromatic nitrogens is 2. The first-order valence-corrected chi connectivity index (χ1v) is 27.1. The van der Waals surface area contributed by atoms with E-state index in [0.29, 0.717) is 35.9 Å². The Morgan fingerprint density at radius 2 is 1.05 bits per heavy atom. The number of para-hydroxylation sites is 2. The van der Waals surface area contributed by atoms with Crippen molar-refractivity contribution in [1.29, 1.82) is 0 Å². The minimum atomic E-state index is -1.93. The van der Waals surface area contributed by atoms with Crippen LogP contribution in [0.3, 0.4) is 0 Å². The second-order valence-corrected chi connectivity index (χ2v) is 20.5. The van der Waals surface area contributed by atoms with Crippen LogP contribution in [-0.4, -0.2) is 176 Å². The van der Waals surface area contributed by atoms with Crippen LogP contribution in [0.15, 0.2) is 65.9 Å². The molecule has 0 aliphatic heterocycles. The van der Waals surface area contributed by atoms with E-state index >= 15 is 0 Å². The molecule has 0 saturated heterocycles. The van der Waals surface area contributed by atoms with Gasteiger partial charge in [-0.15, -0.1) is 0 Å². The van der Waals surface area contributed by atoms with Crippen LogP contribution in [0.2, 0.25) is 0 Å². The number of aliphatic hydroxyl groups is 2. The van der Waals surface area contributed by atoms with Gasteiger partial charge in [0.1, 0.15) is 48.3 Å². The number of aliphatic carboxylic acids is 2. The van der Waals surface area contributed by atoms with E-state index in [1.807, 2.05) is 24.3 Å². The number of aliphatic imine (C=N–C) groups is 1. The third-order valence-electron chi connectivity index (χ3n) is 13.3. The first kappa shape index (κ1) is 66.8. The summed E-state index contributed by atoms with van der Waals surface area (Å²) in [6.07, 6.45) is 1.55. The number of H-pyrrole nitrogens is 2. The van der Waals surface area contributed by atoms with Crippen molar-refractivity contribution in [1.82, 2.24) is 52.5 Å². The summed E-state index contributed by atoms with van der Waals surface area (Å²) in [5.41, 5.74) is 26.2. The van der Waals surface area contributed by atoms with E-state index in [9.17, 15) is 68.4 Å². The fraction of sp³-hybridized carbons (Fsp3) is 0.500. The number of carbonyl (C=O) groups excluding carboxylic acids is 8. The molecule has 0 aliphatic carbocycles. The minimum absolute atomic E-state index is 0.0107. The van der Waals surface area contributed by atoms with E-state index in [2.05, 4.69) is 57.5 Å². The molecule has 0 unspecified atom stereocenters. The number of nitrogens with two attached hydrogens (primary N) is 4. The predicted octanol–water partition coefficient (Wildman–Crippen LogP) is -3.18. The summed E-state index contributed by atoms with van der Waals surface area (Å²) in [5.74, 6) is -11.5. The number of hydrogen-bond donors (Lipinski definition) is 18. The Labute approximate surface area is 478 Å². The zero-order chi connectivity index (χ0) is 61.5. The second kappa shape index (κ2) is 32.7. The molecule has 0 saturated carbocycles. The number of fused-ring (bicyclic) bond motifs is 2. The van der Waals surface area contributed by atoms with E-state index < -0.39 is 133 Å². The van der Waals surface area contributed by atoms with Gasteiger partial charge in [0.25, 0.3) is 0 Å². The van der Waals surface area contributed by atoms with Crippen LogP contribution < -0.4 is 65.5 Å². The average Bonchev–Trinajstić information content (AvgIpc) is 4.10. The molecular formula is C54H79N15O14. The molecule has 8 amide bonds. The molecular weight excluding hydrogens is 1080 g/mol. The van der Waals surface area contributed by atoms with Crippen molar-refractivity contribution < 1.29 is 68.4 Å².